The Kier molecular flexibility index (Phi) is 3.74. The molecule has 1 nitrogen and oxygen atoms in total. The van der Waals surface area contributed by atoms with Gasteiger partial charge < -0.3 is 5.32 Å². The number of nitrogens with one attached hydrogen (secondary N) is 1. The van der Waals surface area contributed by atoms with E-state index in [2.05, 4.69) is 5.32 Å². The van der Waals surface area contributed by atoms with Crippen LogP contribution in [-0.4, -0.2) is 13.2 Å². The van der Waals surface area contributed by atoms with E-state index in [1.165, 1.54) is 13.1 Å². The average molecular weight is 217 g/mol. The lowest BCUT2D eigenvalue weighted by atomic mass is 9.98. The maximum atomic E-state index is 12.7. The van der Waals surface area contributed by atoms with E-state index >= 15 is 0 Å². The minimum absolute atomic E-state index is 0.315. The zero-order valence-corrected chi connectivity index (χ0v) is 8.73. The van der Waals surface area contributed by atoms with E-state index in [0.717, 1.165) is 5.56 Å². The van der Waals surface area contributed by atoms with Crippen molar-refractivity contribution >= 4 is 0 Å². The van der Waals surface area contributed by atoms with E-state index < -0.39 is 12.2 Å². The van der Waals surface area contributed by atoms with Gasteiger partial charge in [0.05, 0.1) is 0 Å². The lowest BCUT2D eigenvalue weighted by Gasteiger charge is -2.22. The summed E-state index contributed by atoms with van der Waals surface area (Å²) in [6.07, 6.45) is -3.65. The van der Waals surface area contributed by atoms with Gasteiger partial charge in [-0.25, -0.2) is 0 Å². The highest BCUT2D eigenvalue weighted by Gasteiger charge is 2.40. The Labute approximate surface area is 87.3 Å². The Morgan fingerprint density at radius 2 is 1.87 bits per heavy atom. The van der Waals surface area contributed by atoms with Crippen LogP contribution in [0.25, 0.3) is 0 Å². The van der Waals surface area contributed by atoms with Crippen molar-refractivity contribution in [2.24, 2.45) is 0 Å². The molecule has 0 fully saturated rings. The summed E-state index contributed by atoms with van der Waals surface area (Å²) >= 11 is 0. The highest BCUT2D eigenvalue weighted by Crippen LogP contribution is 2.33. The van der Waals surface area contributed by atoms with E-state index in [1.807, 2.05) is 6.92 Å². The van der Waals surface area contributed by atoms with Crippen molar-refractivity contribution in [3.8, 4) is 0 Å². The third-order valence-electron chi connectivity index (χ3n) is 2.36. The molecule has 0 saturated carbocycles. The van der Waals surface area contributed by atoms with Gasteiger partial charge in [0.25, 0.3) is 0 Å². The summed E-state index contributed by atoms with van der Waals surface area (Å²) in [6.45, 7) is 1.85. The number of rotatable bonds is 3. The van der Waals surface area contributed by atoms with Crippen molar-refractivity contribution in [2.45, 2.75) is 25.6 Å². The lowest BCUT2D eigenvalue weighted by Crippen LogP contribution is -2.32. The van der Waals surface area contributed by atoms with Gasteiger partial charge in [-0.05, 0) is 24.6 Å². The second kappa shape index (κ2) is 4.66. The van der Waals surface area contributed by atoms with Gasteiger partial charge in [0.15, 0.2) is 0 Å². The van der Waals surface area contributed by atoms with Crippen molar-refractivity contribution in [2.75, 3.05) is 7.05 Å². The topological polar surface area (TPSA) is 12.0 Å². The van der Waals surface area contributed by atoms with Gasteiger partial charge in [-0.15, -0.1) is 0 Å². The van der Waals surface area contributed by atoms with Gasteiger partial charge in [0.1, 0.15) is 6.04 Å². The molecule has 0 aliphatic heterocycles. The third kappa shape index (κ3) is 2.72. The molecule has 1 unspecified atom stereocenters. The fourth-order valence-corrected chi connectivity index (χ4v) is 1.63. The molecular weight excluding hydrogens is 203 g/mol. The first-order valence-corrected chi connectivity index (χ1v) is 4.82. The van der Waals surface area contributed by atoms with Gasteiger partial charge in [-0.2, -0.15) is 13.2 Å². The summed E-state index contributed by atoms with van der Waals surface area (Å²) in [6, 6.07) is 5.06. The maximum Gasteiger partial charge on any atom is 0.407 e. The fourth-order valence-electron chi connectivity index (χ4n) is 1.63. The summed E-state index contributed by atoms with van der Waals surface area (Å²) < 4.78 is 38.0. The summed E-state index contributed by atoms with van der Waals surface area (Å²) in [5.74, 6) is 0. The van der Waals surface area contributed by atoms with Crippen LogP contribution in [0.4, 0.5) is 13.2 Å². The number of halogens is 3. The molecule has 1 rings (SSSR count). The molecule has 84 valence electrons. The van der Waals surface area contributed by atoms with Crippen molar-refractivity contribution in [1.82, 2.24) is 5.32 Å². The molecule has 0 amide bonds. The average Bonchev–Trinajstić information content (AvgIpc) is 2.17. The molecular formula is C11H14F3N. The van der Waals surface area contributed by atoms with Crippen LogP contribution in [0.3, 0.4) is 0 Å². The lowest BCUT2D eigenvalue weighted by molar-refractivity contribution is -0.156. The van der Waals surface area contributed by atoms with Crippen LogP contribution in [0.15, 0.2) is 24.3 Å². The molecule has 15 heavy (non-hydrogen) atoms. The zero-order valence-electron chi connectivity index (χ0n) is 8.73. The predicted molar refractivity (Wildman–Crippen MR) is 53.7 cm³/mol. The Morgan fingerprint density at radius 1 is 1.27 bits per heavy atom. The highest BCUT2D eigenvalue weighted by molar-refractivity contribution is 5.30. The molecule has 1 N–H and O–H groups in total. The molecule has 0 spiro atoms. The van der Waals surface area contributed by atoms with Gasteiger partial charge in [0, 0.05) is 0 Å². The van der Waals surface area contributed by atoms with Crippen molar-refractivity contribution < 1.29 is 13.2 Å². The number of hydrogen-bond donors (Lipinski definition) is 1. The van der Waals surface area contributed by atoms with Gasteiger partial charge >= 0.3 is 6.18 Å². The van der Waals surface area contributed by atoms with Gasteiger partial charge in [0.2, 0.25) is 0 Å². The quantitative estimate of drug-likeness (QED) is 0.820. The Balaban J connectivity index is 3.12. The Morgan fingerprint density at radius 3 is 2.33 bits per heavy atom. The molecule has 0 radical (unpaired) electrons. The summed E-state index contributed by atoms with van der Waals surface area (Å²) in [4.78, 5) is 0. The van der Waals surface area contributed by atoms with Crippen LogP contribution >= 0.6 is 0 Å². The largest absolute Gasteiger partial charge is 0.407 e. The Hall–Kier alpha value is -1.03. The molecule has 0 heterocycles. The molecule has 1 aromatic carbocycles. The first-order chi connectivity index (χ1) is 7.00. The maximum absolute atomic E-state index is 12.7. The minimum Gasteiger partial charge on any atom is -0.306 e. The molecule has 0 bridgehead atoms. The van der Waals surface area contributed by atoms with Crippen LogP contribution in [0.5, 0.6) is 0 Å². The van der Waals surface area contributed by atoms with E-state index in [-0.39, 0.29) is 0 Å². The van der Waals surface area contributed by atoms with Crippen molar-refractivity contribution in [3.63, 3.8) is 0 Å². The SMILES string of the molecule is CCc1ccccc1C(NC)C(F)(F)F. The predicted octanol–water partition coefficient (Wildman–Crippen LogP) is 3.07. The summed E-state index contributed by atoms with van der Waals surface area (Å²) in [7, 11) is 1.32. The van der Waals surface area contributed by atoms with Gasteiger partial charge in [-0.1, -0.05) is 31.2 Å². The van der Waals surface area contributed by atoms with E-state index in [4.69, 9.17) is 0 Å². The molecule has 0 saturated heterocycles. The summed E-state index contributed by atoms with van der Waals surface area (Å²) in [5, 5.41) is 2.31. The second-order valence-corrected chi connectivity index (χ2v) is 3.32. The number of aryl methyl sites for hydroxylation is 1. The van der Waals surface area contributed by atoms with Gasteiger partial charge in [-0.3, -0.25) is 0 Å². The highest BCUT2D eigenvalue weighted by atomic mass is 19.4. The normalized spacial score (nSPS) is 13.9. The number of alkyl halides is 3. The second-order valence-electron chi connectivity index (χ2n) is 3.32. The molecule has 1 aromatic rings. The standard InChI is InChI=1S/C11H14F3N/c1-3-8-6-4-5-7-9(8)10(15-2)11(12,13)14/h4-7,10,15H,3H2,1-2H3. The molecule has 0 aliphatic carbocycles. The van der Waals surface area contributed by atoms with E-state index in [1.54, 1.807) is 18.2 Å². The zero-order chi connectivity index (χ0) is 11.5. The first kappa shape index (κ1) is 12.0. The molecule has 0 aromatic heterocycles. The van der Waals surface area contributed by atoms with Crippen LogP contribution in [0, 0.1) is 0 Å². The van der Waals surface area contributed by atoms with Crippen molar-refractivity contribution in [1.29, 1.82) is 0 Å². The van der Waals surface area contributed by atoms with Crippen LogP contribution in [0.1, 0.15) is 24.1 Å². The smallest absolute Gasteiger partial charge is 0.306 e. The van der Waals surface area contributed by atoms with Crippen molar-refractivity contribution in [3.05, 3.63) is 35.4 Å². The molecule has 4 heteroatoms. The van der Waals surface area contributed by atoms with E-state index in [0.29, 0.717) is 12.0 Å². The Bertz CT molecular complexity index is 320. The first-order valence-electron chi connectivity index (χ1n) is 4.82. The third-order valence-corrected chi connectivity index (χ3v) is 2.36. The fraction of sp³-hybridized carbons (Fsp3) is 0.455. The van der Waals surface area contributed by atoms with Crippen LogP contribution < -0.4 is 5.32 Å². The van der Waals surface area contributed by atoms with E-state index in [9.17, 15) is 13.2 Å². The van der Waals surface area contributed by atoms with Crippen LogP contribution in [-0.2, 0) is 6.42 Å². The minimum atomic E-state index is -4.25. The molecule has 0 aliphatic rings. The summed E-state index contributed by atoms with van der Waals surface area (Å²) in [5.41, 5.74) is 1.05. The number of benzene rings is 1. The molecule has 1 atom stereocenters. The number of hydrogen-bond acceptors (Lipinski definition) is 1. The monoisotopic (exact) mass is 217 g/mol. The van der Waals surface area contributed by atoms with Crippen LogP contribution in [0.2, 0.25) is 0 Å².